The van der Waals surface area contributed by atoms with Crippen LogP contribution in [0, 0.1) is 19.8 Å². The Morgan fingerprint density at radius 2 is 1.88 bits per heavy atom. The van der Waals surface area contributed by atoms with Crippen molar-refractivity contribution in [2.75, 3.05) is 45.8 Å². The second kappa shape index (κ2) is 7.96. The van der Waals surface area contributed by atoms with E-state index in [-0.39, 0.29) is 5.91 Å². The maximum Gasteiger partial charge on any atom is 0.244 e. The largest absolute Gasteiger partial charge is 0.341 e. The number of likely N-dealkylation sites (tertiary alicyclic amines) is 1. The standard InChI is InChI=1S/C18H29N3O3S2/c1-14-5-4-6-20(12-14)18(22)13-19-7-9-21(10-8-19)26(23,24)17-11-15(2)25-16(17)3/h11,14H,4-10,12-13H2,1-3H3. The summed E-state index contributed by atoms with van der Waals surface area (Å²) in [7, 11) is -3.43. The molecule has 1 amide bonds. The van der Waals surface area contributed by atoms with E-state index in [0.717, 1.165) is 29.3 Å². The van der Waals surface area contributed by atoms with Gasteiger partial charge in [-0.25, -0.2) is 8.42 Å². The number of piperazine rings is 1. The van der Waals surface area contributed by atoms with E-state index < -0.39 is 10.0 Å². The van der Waals surface area contributed by atoms with E-state index >= 15 is 0 Å². The number of hydrogen-bond donors (Lipinski definition) is 0. The highest BCUT2D eigenvalue weighted by Gasteiger charge is 2.31. The summed E-state index contributed by atoms with van der Waals surface area (Å²) in [6, 6.07) is 1.77. The maximum atomic E-state index is 12.9. The third kappa shape index (κ3) is 4.30. The number of carbonyl (C=O) groups excluding carboxylic acids is 1. The monoisotopic (exact) mass is 399 g/mol. The number of nitrogens with zero attached hydrogens (tertiary/aromatic N) is 3. The van der Waals surface area contributed by atoms with Gasteiger partial charge in [-0.05, 0) is 38.7 Å². The predicted octanol–water partition coefficient (Wildman–Crippen LogP) is 1.93. The average molecular weight is 400 g/mol. The highest BCUT2D eigenvalue weighted by Crippen LogP contribution is 2.28. The lowest BCUT2D eigenvalue weighted by Crippen LogP contribution is -2.52. The molecule has 0 aliphatic carbocycles. The SMILES string of the molecule is Cc1cc(S(=O)(=O)N2CCN(CC(=O)N3CCCC(C)C3)CC2)c(C)s1. The van der Waals surface area contributed by atoms with Gasteiger partial charge in [-0.3, -0.25) is 9.69 Å². The first kappa shape index (κ1) is 19.8. The minimum Gasteiger partial charge on any atom is -0.341 e. The number of thiophene rings is 1. The molecule has 0 aromatic carbocycles. The minimum atomic E-state index is -3.43. The summed E-state index contributed by atoms with van der Waals surface area (Å²) in [6.07, 6.45) is 2.28. The van der Waals surface area contributed by atoms with Crippen LogP contribution in [0.2, 0.25) is 0 Å². The van der Waals surface area contributed by atoms with Gasteiger partial charge < -0.3 is 4.90 Å². The first-order chi connectivity index (χ1) is 12.3. The highest BCUT2D eigenvalue weighted by molar-refractivity contribution is 7.89. The van der Waals surface area contributed by atoms with Gasteiger partial charge in [0.1, 0.15) is 0 Å². The third-order valence-corrected chi connectivity index (χ3v) is 8.43. The van der Waals surface area contributed by atoms with Gasteiger partial charge in [0.25, 0.3) is 0 Å². The van der Waals surface area contributed by atoms with Gasteiger partial charge >= 0.3 is 0 Å². The molecule has 2 fully saturated rings. The van der Waals surface area contributed by atoms with E-state index in [1.165, 1.54) is 17.8 Å². The molecular formula is C18H29N3O3S2. The summed E-state index contributed by atoms with van der Waals surface area (Å²) >= 11 is 1.52. The molecule has 1 atom stereocenters. The van der Waals surface area contributed by atoms with Crippen LogP contribution in [0.1, 0.15) is 29.5 Å². The average Bonchev–Trinajstić information content (AvgIpc) is 2.94. The minimum absolute atomic E-state index is 0.178. The Morgan fingerprint density at radius 3 is 2.46 bits per heavy atom. The van der Waals surface area contributed by atoms with E-state index in [0.29, 0.717) is 43.5 Å². The van der Waals surface area contributed by atoms with Crippen LogP contribution in [0.25, 0.3) is 0 Å². The Morgan fingerprint density at radius 1 is 1.19 bits per heavy atom. The molecule has 3 rings (SSSR count). The number of amides is 1. The molecule has 8 heteroatoms. The first-order valence-electron chi connectivity index (χ1n) is 9.34. The van der Waals surface area contributed by atoms with E-state index in [1.807, 2.05) is 18.7 Å². The van der Waals surface area contributed by atoms with Crippen molar-refractivity contribution in [1.82, 2.24) is 14.1 Å². The zero-order valence-corrected chi connectivity index (χ0v) is 17.5. The zero-order chi connectivity index (χ0) is 18.9. The number of carbonyl (C=O) groups is 1. The van der Waals surface area contributed by atoms with Crippen LogP contribution in [-0.4, -0.2) is 74.2 Å². The third-order valence-electron chi connectivity index (χ3n) is 5.31. The van der Waals surface area contributed by atoms with Crippen LogP contribution >= 0.6 is 11.3 Å². The summed E-state index contributed by atoms with van der Waals surface area (Å²) in [5.74, 6) is 0.754. The van der Waals surface area contributed by atoms with E-state index in [1.54, 1.807) is 10.4 Å². The highest BCUT2D eigenvalue weighted by atomic mass is 32.2. The predicted molar refractivity (Wildman–Crippen MR) is 104 cm³/mol. The molecule has 2 saturated heterocycles. The molecule has 6 nitrogen and oxygen atoms in total. The lowest BCUT2D eigenvalue weighted by atomic mass is 10.0. The zero-order valence-electron chi connectivity index (χ0n) is 15.9. The van der Waals surface area contributed by atoms with E-state index in [9.17, 15) is 13.2 Å². The molecule has 0 N–H and O–H groups in total. The second-order valence-electron chi connectivity index (χ2n) is 7.54. The van der Waals surface area contributed by atoms with Gasteiger partial charge in [0.2, 0.25) is 15.9 Å². The molecule has 0 spiro atoms. The molecule has 146 valence electrons. The lowest BCUT2D eigenvalue weighted by molar-refractivity contribution is -0.134. The number of hydrogen-bond acceptors (Lipinski definition) is 5. The molecule has 2 aliphatic rings. The van der Waals surface area contributed by atoms with Crippen LogP contribution in [0.4, 0.5) is 0 Å². The lowest BCUT2D eigenvalue weighted by Gasteiger charge is -2.36. The Kier molecular flexibility index (Phi) is 6.06. The van der Waals surface area contributed by atoms with Crippen molar-refractivity contribution < 1.29 is 13.2 Å². The first-order valence-corrected chi connectivity index (χ1v) is 11.6. The number of aryl methyl sites for hydroxylation is 2. The van der Waals surface area contributed by atoms with Crippen LogP contribution < -0.4 is 0 Å². The van der Waals surface area contributed by atoms with Crippen molar-refractivity contribution in [2.45, 2.75) is 38.5 Å². The van der Waals surface area contributed by atoms with Crippen molar-refractivity contribution in [3.8, 4) is 0 Å². The Hall–Kier alpha value is -0.960. The quantitative estimate of drug-likeness (QED) is 0.776. The summed E-state index contributed by atoms with van der Waals surface area (Å²) in [5.41, 5.74) is 0. The van der Waals surface area contributed by atoms with Crippen molar-refractivity contribution in [3.63, 3.8) is 0 Å². The van der Waals surface area contributed by atoms with Crippen LogP contribution in [-0.2, 0) is 14.8 Å². The molecular weight excluding hydrogens is 370 g/mol. The van der Waals surface area contributed by atoms with Gasteiger partial charge in [-0.1, -0.05) is 6.92 Å². The van der Waals surface area contributed by atoms with E-state index in [2.05, 4.69) is 11.8 Å². The summed E-state index contributed by atoms with van der Waals surface area (Å²) < 4.78 is 27.3. The molecule has 0 saturated carbocycles. The molecule has 3 heterocycles. The van der Waals surface area contributed by atoms with Crippen LogP contribution in [0.3, 0.4) is 0 Å². The summed E-state index contributed by atoms with van der Waals surface area (Å²) in [4.78, 5) is 18.9. The van der Waals surface area contributed by atoms with Crippen molar-refractivity contribution in [2.24, 2.45) is 5.92 Å². The fourth-order valence-electron chi connectivity index (χ4n) is 3.84. The Bertz CT molecular complexity index is 752. The maximum absolute atomic E-state index is 12.9. The molecule has 1 aromatic heterocycles. The Labute approximate surface area is 160 Å². The molecule has 0 radical (unpaired) electrons. The van der Waals surface area contributed by atoms with Crippen molar-refractivity contribution >= 4 is 27.3 Å². The molecule has 0 bridgehead atoms. The van der Waals surface area contributed by atoms with Crippen molar-refractivity contribution in [1.29, 1.82) is 0 Å². The number of rotatable bonds is 4. The van der Waals surface area contributed by atoms with Gasteiger partial charge in [0.15, 0.2) is 0 Å². The smallest absolute Gasteiger partial charge is 0.244 e. The fraction of sp³-hybridized carbons (Fsp3) is 0.722. The van der Waals surface area contributed by atoms with E-state index in [4.69, 9.17) is 0 Å². The normalized spacial score (nSPS) is 23.3. The van der Waals surface area contributed by atoms with Gasteiger partial charge in [-0.2, -0.15) is 4.31 Å². The van der Waals surface area contributed by atoms with Gasteiger partial charge in [0.05, 0.1) is 11.4 Å². The summed E-state index contributed by atoms with van der Waals surface area (Å²) in [6.45, 7) is 10.2. The molecule has 26 heavy (non-hydrogen) atoms. The summed E-state index contributed by atoms with van der Waals surface area (Å²) in [5, 5.41) is 0. The van der Waals surface area contributed by atoms with Crippen molar-refractivity contribution in [3.05, 3.63) is 15.8 Å². The van der Waals surface area contributed by atoms with Gasteiger partial charge in [-0.15, -0.1) is 11.3 Å². The Balaban J connectivity index is 1.55. The van der Waals surface area contributed by atoms with Crippen LogP contribution in [0.15, 0.2) is 11.0 Å². The molecule has 2 aliphatic heterocycles. The topological polar surface area (TPSA) is 60.9 Å². The van der Waals surface area contributed by atoms with Gasteiger partial charge in [0, 0.05) is 49.0 Å². The molecule has 1 unspecified atom stereocenters. The number of sulfonamides is 1. The number of piperidine rings is 1. The fourth-order valence-corrected chi connectivity index (χ4v) is 6.78. The second-order valence-corrected chi connectivity index (χ2v) is 10.9. The van der Waals surface area contributed by atoms with Crippen LogP contribution in [0.5, 0.6) is 0 Å². The molecule has 1 aromatic rings.